The average Bonchev–Trinajstić information content (AvgIpc) is 3.35. The van der Waals surface area contributed by atoms with E-state index in [-0.39, 0.29) is 23.0 Å². The molecule has 1 aliphatic heterocycles. The molecule has 0 atom stereocenters. The number of hydrogen-bond donors (Lipinski definition) is 0. The largest absolute Gasteiger partial charge is 0.452 e. The number of esters is 1. The van der Waals surface area contributed by atoms with Gasteiger partial charge in [-0.15, -0.1) is 0 Å². The number of hydrogen-bond acceptors (Lipinski definition) is 8. The summed E-state index contributed by atoms with van der Waals surface area (Å²) in [6.45, 7) is 4.75. The molecule has 35 heavy (non-hydrogen) atoms. The van der Waals surface area contributed by atoms with Crippen LogP contribution in [-0.2, 0) is 34.3 Å². The van der Waals surface area contributed by atoms with Crippen LogP contribution in [0.5, 0.6) is 0 Å². The molecule has 0 radical (unpaired) electrons. The van der Waals surface area contributed by atoms with Crippen molar-refractivity contribution in [3.63, 3.8) is 0 Å². The maximum absolute atomic E-state index is 13.2. The van der Waals surface area contributed by atoms with Crippen molar-refractivity contribution in [2.24, 2.45) is 0 Å². The summed E-state index contributed by atoms with van der Waals surface area (Å²) in [5.41, 5.74) is 1.35. The predicted molar refractivity (Wildman–Crippen MR) is 129 cm³/mol. The van der Waals surface area contributed by atoms with E-state index < -0.39 is 16.0 Å². The van der Waals surface area contributed by atoms with Gasteiger partial charge in [0.1, 0.15) is 0 Å². The third kappa shape index (κ3) is 6.53. The van der Waals surface area contributed by atoms with Crippen LogP contribution in [0.25, 0.3) is 0 Å². The Bertz CT molecular complexity index is 1220. The first kappa shape index (κ1) is 25.0. The standard InChI is InChI=1S/C25H30N4O5S/c1-2-3-12-23-26-24(34-27-23)19-33-25(30)21-10-7-11-22(17-21)35(31,32)29-15-13-28(14-16-29)18-20-8-5-4-6-9-20/h4-11,17H,2-3,12-16,18-19H2,1H3. The highest BCUT2D eigenvalue weighted by Crippen LogP contribution is 2.20. The third-order valence-corrected chi connectivity index (χ3v) is 7.77. The van der Waals surface area contributed by atoms with Gasteiger partial charge >= 0.3 is 5.97 Å². The molecule has 186 valence electrons. The lowest BCUT2D eigenvalue weighted by atomic mass is 10.2. The summed E-state index contributed by atoms with van der Waals surface area (Å²) in [4.78, 5) is 19.1. The molecule has 0 aliphatic carbocycles. The van der Waals surface area contributed by atoms with E-state index in [2.05, 4.69) is 34.1 Å². The number of nitrogens with zero attached hydrogens (tertiary/aromatic N) is 4. The van der Waals surface area contributed by atoms with Crippen LogP contribution in [0.4, 0.5) is 0 Å². The first-order chi connectivity index (χ1) is 17.0. The van der Waals surface area contributed by atoms with E-state index in [0.717, 1.165) is 19.4 Å². The molecular formula is C25H30N4O5S. The van der Waals surface area contributed by atoms with Crippen LogP contribution in [0.3, 0.4) is 0 Å². The molecule has 0 N–H and O–H groups in total. The Balaban J connectivity index is 1.34. The van der Waals surface area contributed by atoms with Gasteiger partial charge in [-0.05, 0) is 30.2 Å². The molecular weight excluding hydrogens is 468 g/mol. The Hall–Kier alpha value is -3.08. The van der Waals surface area contributed by atoms with Gasteiger partial charge in [-0.3, -0.25) is 4.90 Å². The minimum atomic E-state index is -3.73. The topological polar surface area (TPSA) is 106 Å². The number of unbranched alkanes of at least 4 members (excludes halogenated alkanes) is 1. The number of rotatable bonds is 10. The highest BCUT2D eigenvalue weighted by molar-refractivity contribution is 7.89. The molecule has 1 saturated heterocycles. The molecule has 0 saturated carbocycles. The molecule has 0 spiro atoms. The Labute approximate surface area is 205 Å². The lowest BCUT2D eigenvalue weighted by Gasteiger charge is -2.34. The number of carbonyl (C=O) groups is 1. The fourth-order valence-electron chi connectivity index (χ4n) is 3.90. The molecule has 0 unspecified atom stereocenters. The summed E-state index contributed by atoms with van der Waals surface area (Å²) < 4.78 is 38.3. The lowest BCUT2D eigenvalue weighted by Crippen LogP contribution is -2.48. The van der Waals surface area contributed by atoms with E-state index in [0.29, 0.717) is 38.4 Å². The van der Waals surface area contributed by atoms with Crippen LogP contribution in [0.2, 0.25) is 0 Å². The van der Waals surface area contributed by atoms with E-state index in [4.69, 9.17) is 9.26 Å². The average molecular weight is 499 g/mol. The van der Waals surface area contributed by atoms with Crippen LogP contribution in [-0.4, -0.2) is 59.9 Å². The minimum Gasteiger partial charge on any atom is -0.452 e. The number of benzene rings is 2. The van der Waals surface area contributed by atoms with E-state index in [1.54, 1.807) is 6.07 Å². The molecule has 0 amide bonds. The minimum absolute atomic E-state index is 0.0723. The van der Waals surface area contributed by atoms with E-state index >= 15 is 0 Å². The zero-order valence-corrected chi connectivity index (χ0v) is 20.6. The SMILES string of the molecule is CCCCc1noc(COC(=O)c2cccc(S(=O)(=O)N3CCN(Cc4ccccc4)CC3)c2)n1. The van der Waals surface area contributed by atoms with Crippen molar-refractivity contribution in [1.82, 2.24) is 19.3 Å². The highest BCUT2D eigenvalue weighted by atomic mass is 32.2. The van der Waals surface area contributed by atoms with E-state index in [9.17, 15) is 13.2 Å². The third-order valence-electron chi connectivity index (χ3n) is 5.88. The molecule has 1 aliphatic rings. The lowest BCUT2D eigenvalue weighted by molar-refractivity contribution is 0.0429. The van der Waals surface area contributed by atoms with Gasteiger partial charge in [-0.2, -0.15) is 9.29 Å². The number of sulfonamides is 1. The Morgan fingerprint density at radius 2 is 1.83 bits per heavy atom. The maximum Gasteiger partial charge on any atom is 0.338 e. The van der Waals surface area contributed by atoms with Gasteiger partial charge < -0.3 is 9.26 Å². The van der Waals surface area contributed by atoms with Gasteiger partial charge in [0, 0.05) is 39.1 Å². The van der Waals surface area contributed by atoms with Gasteiger partial charge in [0.2, 0.25) is 10.0 Å². The summed E-state index contributed by atoms with van der Waals surface area (Å²) in [7, 11) is -3.73. The second-order valence-corrected chi connectivity index (χ2v) is 10.4. The number of piperazine rings is 1. The quantitative estimate of drug-likeness (QED) is 0.392. The van der Waals surface area contributed by atoms with Crippen molar-refractivity contribution in [3.8, 4) is 0 Å². The van der Waals surface area contributed by atoms with Gasteiger partial charge in [-0.1, -0.05) is 54.9 Å². The van der Waals surface area contributed by atoms with Crippen molar-refractivity contribution in [2.75, 3.05) is 26.2 Å². The first-order valence-corrected chi connectivity index (χ1v) is 13.2. The van der Waals surface area contributed by atoms with Crippen molar-refractivity contribution in [1.29, 1.82) is 0 Å². The molecule has 1 aromatic heterocycles. The molecule has 2 heterocycles. The fourth-order valence-corrected chi connectivity index (χ4v) is 5.37. The van der Waals surface area contributed by atoms with Crippen molar-refractivity contribution >= 4 is 16.0 Å². The molecule has 4 rings (SSSR count). The van der Waals surface area contributed by atoms with E-state index in [1.165, 1.54) is 28.1 Å². The zero-order chi connectivity index (χ0) is 24.7. The number of aryl methyl sites for hydroxylation is 1. The molecule has 0 bridgehead atoms. The molecule has 1 fully saturated rings. The zero-order valence-electron chi connectivity index (χ0n) is 19.8. The van der Waals surface area contributed by atoms with Crippen molar-refractivity contribution < 1.29 is 22.5 Å². The second kappa shape index (κ2) is 11.6. The summed E-state index contributed by atoms with van der Waals surface area (Å²) in [5.74, 6) is 0.138. The number of aromatic nitrogens is 2. The van der Waals surface area contributed by atoms with Crippen LogP contribution >= 0.6 is 0 Å². The Morgan fingerprint density at radius 3 is 2.57 bits per heavy atom. The second-order valence-electron chi connectivity index (χ2n) is 8.48. The van der Waals surface area contributed by atoms with Gasteiger partial charge in [-0.25, -0.2) is 13.2 Å². The first-order valence-electron chi connectivity index (χ1n) is 11.8. The van der Waals surface area contributed by atoms with Crippen LogP contribution < -0.4 is 0 Å². The fraction of sp³-hybridized carbons (Fsp3) is 0.400. The molecule has 3 aromatic rings. The smallest absolute Gasteiger partial charge is 0.338 e. The Morgan fingerprint density at radius 1 is 1.06 bits per heavy atom. The van der Waals surface area contributed by atoms with Crippen LogP contribution in [0, 0.1) is 0 Å². The summed E-state index contributed by atoms with van der Waals surface area (Å²) in [5, 5.41) is 3.87. The predicted octanol–water partition coefficient (Wildman–Crippen LogP) is 3.28. The summed E-state index contributed by atoms with van der Waals surface area (Å²) in [6.07, 6.45) is 2.66. The van der Waals surface area contributed by atoms with Crippen molar-refractivity contribution in [3.05, 3.63) is 77.4 Å². The highest BCUT2D eigenvalue weighted by Gasteiger charge is 2.29. The van der Waals surface area contributed by atoms with Gasteiger partial charge in [0.25, 0.3) is 5.89 Å². The summed E-state index contributed by atoms with van der Waals surface area (Å²) in [6, 6.07) is 16.0. The van der Waals surface area contributed by atoms with Crippen molar-refractivity contribution in [2.45, 2.75) is 44.2 Å². The van der Waals surface area contributed by atoms with Crippen LogP contribution in [0.15, 0.2) is 64.0 Å². The normalized spacial score (nSPS) is 15.2. The number of carbonyl (C=O) groups excluding carboxylic acids is 1. The number of ether oxygens (including phenoxy) is 1. The molecule has 9 nitrogen and oxygen atoms in total. The van der Waals surface area contributed by atoms with E-state index in [1.807, 2.05) is 18.2 Å². The molecule has 2 aromatic carbocycles. The maximum atomic E-state index is 13.2. The van der Waals surface area contributed by atoms with Crippen LogP contribution in [0.1, 0.15) is 47.4 Å². The monoisotopic (exact) mass is 498 g/mol. The Kier molecular flexibility index (Phi) is 8.27. The summed E-state index contributed by atoms with van der Waals surface area (Å²) >= 11 is 0. The molecule has 10 heteroatoms. The van der Waals surface area contributed by atoms with Gasteiger partial charge in [0.15, 0.2) is 12.4 Å². The van der Waals surface area contributed by atoms with Gasteiger partial charge in [0.05, 0.1) is 10.5 Å².